The van der Waals surface area contributed by atoms with E-state index in [-0.39, 0.29) is 24.2 Å². The minimum atomic E-state index is -1.18. The average molecular weight is 494 g/mol. The molecule has 0 aliphatic rings. The molecule has 0 aromatic carbocycles. The molecule has 2 N–H and O–H groups in total. The molecule has 34 heavy (non-hydrogen) atoms. The largest absolute Gasteiger partial charge is 0.392 e. The lowest BCUT2D eigenvalue weighted by Crippen LogP contribution is -2.42. The highest BCUT2D eigenvalue weighted by atomic mass is 32.1. The number of allylic oxidation sites excluding steroid dienone is 1. The zero-order valence-corrected chi connectivity index (χ0v) is 23.4. The SMILES string of the molecule is CCCCCC(C)=CCC(OC(O)CC(O)C(C)(C)C(=O)C(C)CC)C(C)=Cc1csc(C)n1. The van der Waals surface area contributed by atoms with Crippen LogP contribution in [0.2, 0.25) is 0 Å². The van der Waals surface area contributed by atoms with Gasteiger partial charge in [-0.2, -0.15) is 0 Å². The Morgan fingerprint density at radius 2 is 1.91 bits per heavy atom. The van der Waals surface area contributed by atoms with E-state index in [0.29, 0.717) is 6.42 Å². The molecule has 4 atom stereocenters. The number of aromatic nitrogens is 1. The van der Waals surface area contributed by atoms with Crippen LogP contribution in [0.1, 0.15) is 104 Å². The number of aliphatic hydroxyl groups is 2. The van der Waals surface area contributed by atoms with E-state index in [9.17, 15) is 15.0 Å². The molecule has 1 heterocycles. The molecule has 0 saturated carbocycles. The molecule has 1 aromatic rings. The second-order valence-corrected chi connectivity index (χ2v) is 11.2. The standard InChI is InChI=1S/C28H47NO4S/c1-9-11-12-13-19(3)14-15-24(21(5)16-23-18-34-22(6)29-23)33-26(31)17-25(30)28(7,8)27(32)20(4)10-2/h14,16,18,20,24-26,30-31H,9-13,15,17H2,1-8H3. The Bertz CT molecular complexity index is 811. The minimum absolute atomic E-state index is 0.00636. The van der Waals surface area contributed by atoms with Gasteiger partial charge < -0.3 is 14.9 Å². The molecule has 0 spiro atoms. The van der Waals surface area contributed by atoms with Crippen LogP contribution in [0.4, 0.5) is 0 Å². The second-order valence-electron chi connectivity index (χ2n) is 10.1. The normalized spacial score (nSPS) is 16.9. The molecular formula is C28H47NO4S. The summed E-state index contributed by atoms with van der Waals surface area (Å²) < 4.78 is 6.05. The summed E-state index contributed by atoms with van der Waals surface area (Å²) in [6.45, 7) is 15.6. The van der Waals surface area contributed by atoms with Crippen molar-refractivity contribution in [1.29, 1.82) is 0 Å². The highest BCUT2D eigenvalue weighted by molar-refractivity contribution is 7.09. The maximum atomic E-state index is 12.7. The van der Waals surface area contributed by atoms with E-state index in [4.69, 9.17) is 4.74 Å². The summed E-state index contributed by atoms with van der Waals surface area (Å²) in [5.41, 5.74) is 2.21. The molecule has 0 aliphatic carbocycles. The lowest BCUT2D eigenvalue weighted by molar-refractivity contribution is -0.159. The number of ketones is 1. The van der Waals surface area contributed by atoms with Crippen LogP contribution in [-0.4, -0.2) is 39.5 Å². The van der Waals surface area contributed by atoms with Crippen LogP contribution in [0, 0.1) is 18.3 Å². The van der Waals surface area contributed by atoms with Crippen molar-refractivity contribution in [3.63, 3.8) is 0 Å². The Morgan fingerprint density at radius 1 is 1.24 bits per heavy atom. The number of carbonyl (C=O) groups is 1. The first-order valence-electron chi connectivity index (χ1n) is 12.7. The van der Waals surface area contributed by atoms with E-state index in [0.717, 1.165) is 29.1 Å². The van der Waals surface area contributed by atoms with E-state index in [2.05, 4.69) is 24.9 Å². The van der Waals surface area contributed by atoms with Gasteiger partial charge in [-0.3, -0.25) is 4.79 Å². The molecule has 6 heteroatoms. The van der Waals surface area contributed by atoms with Gasteiger partial charge in [0.25, 0.3) is 0 Å². The van der Waals surface area contributed by atoms with E-state index in [1.165, 1.54) is 24.8 Å². The molecule has 1 rings (SSSR count). The first kappa shape index (κ1) is 30.7. The van der Waals surface area contributed by atoms with Gasteiger partial charge in [-0.05, 0) is 58.1 Å². The van der Waals surface area contributed by atoms with Gasteiger partial charge in [0.2, 0.25) is 0 Å². The third-order valence-electron chi connectivity index (χ3n) is 6.65. The molecule has 0 bridgehead atoms. The van der Waals surface area contributed by atoms with E-state index >= 15 is 0 Å². The molecule has 4 unspecified atom stereocenters. The predicted molar refractivity (Wildman–Crippen MR) is 143 cm³/mol. The molecule has 1 aromatic heterocycles. The number of nitrogens with zero attached hydrogens (tertiary/aromatic N) is 1. The van der Waals surface area contributed by atoms with E-state index in [1.54, 1.807) is 25.2 Å². The quantitative estimate of drug-likeness (QED) is 0.149. The van der Waals surface area contributed by atoms with Crippen LogP contribution in [0.25, 0.3) is 6.08 Å². The van der Waals surface area contributed by atoms with Gasteiger partial charge in [-0.1, -0.05) is 59.1 Å². The summed E-state index contributed by atoms with van der Waals surface area (Å²) >= 11 is 1.60. The molecule has 0 saturated heterocycles. The van der Waals surface area contributed by atoms with Gasteiger partial charge in [0.15, 0.2) is 6.29 Å². The number of thiazole rings is 1. The number of aryl methyl sites for hydroxylation is 1. The van der Waals surface area contributed by atoms with Crippen molar-refractivity contribution in [3.8, 4) is 0 Å². The van der Waals surface area contributed by atoms with Crippen LogP contribution < -0.4 is 0 Å². The Labute approximate surface area is 211 Å². The van der Waals surface area contributed by atoms with Crippen molar-refractivity contribution in [2.75, 3.05) is 0 Å². The number of unbranched alkanes of at least 4 members (excludes halogenated alkanes) is 2. The number of rotatable bonds is 16. The number of Topliss-reactive ketones (excluding diaryl/α,β-unsaturated/α-hetero) is 1. The third kappa shape index (κ3) is 10.1. The summed E-state index contributed by atoms with van der Waals surface area (Å²) in [5.74, 6) is -0.130. The van der Waals surface area contributed by atoms with Crippen LogP contribution in [0.3, 0.4) is 0 Å². The summed E-state index contributed by atoms with van der Waals surface area (Å²) in [6, 6.07) is 0. The molecular weight excluding hydrogens is 446 g/mol. The topological polar surface area (TPSA) is 79.6 Å². The fourth-order valence-corrected chi connectivity index (χ4v) is 4.47. The second kappa shape index (κ2) is 14.9. The predicted octanol–water partition coefficient (Wildman–Crippen LogP) is 6.87. The number of carbonyl (C=O) groups excluding carboxylic acids is 1. The zero-order valence-electron chi connectivity index (χ0n) is 22.6. The highest BCUT2D eigenvalue weighted by Crippen LogP contribution is 2.30. The lowest BCUT2D eigenvalue weighted by Gasteiger charge is -2.33. The average Bonchev–Trinajstić information content (AvgIpc) is 3.19. The van der Waals surface area contributed by atoms with Crippen molar-refractivity contribution in [3.05, 3.63) is 33.3 Å². The van der Waals surface area contributed by atoms with E-state index in [1.807, 2.05) is 39.2 Å². The first-order valence-corrected chi connectivity index (χ1v) is 13.6. The van der Waals surface area contributed by atoms with Gasteiger partial charge in [0.1, 0.15) is 5.78 Å². The zero-order chi connectivity index (χ0) is 25.9. The van der Waals surface area contributed by atoms with Gasteiger partial charge in [-0.15, -0.1) is 11.3 Å². The maximum Gasteiger partial charge on any atom is 0.157 e. The molecule has 0 aliphatic heterocycles. The fraction of sp³-hybridized carbons (Fsp3) is 0.714. The maximum absolute atomic E-state index is 12.7. The number of aliphatic hydroxyl groups excluding tert-OH is 2. The fourth-order valence-electron chi connectivity index (χ4n) is 3.90. The summed E-state index contributed by atoms with van der Waals surface area (Å²) in [5, 5.41) is 24.5. The summed E-state index contributed by atoms with van der Waals surface area (Å²) in [6.07, 6.45) is 7.62. The van der Waals surface area contributed by atoms with Crippen LogP contribution in [-0.2, 0) is 9.53 Å². The third-order valence-corrected chi connectivity index (χ3v) is 7.44. The molecule has 5 nitrogen and oxygen atoms in total. The molecule has 194 valence electrons. The molecule has 0 fully saturated rings. The van der Waals surface area contributed by atoms with E-state index < -0.39 is 17.8 Å². The monoisotopic (exact) mass is 493 g/mol. The Kier molecular flexibility index (Phi) is 13.5. The van der Waals surface area contributed by atoms with Crippen molar-refractivity contribution in [1.82, 2.24) is 4.98 Å². The van der Waals surface area contributed by atoms with Gasteiger partial charge in [-0.25, -0.2) is 4.98 Å². The number of ether oxygens (including phenoxy) is 1. The van der Waals surface area contributed by atoms with Crippen molar-refractivity contribution in [2.24, 2.45) is 11.3 Å². The van der Waals surface area contributed by atoms with Crippen LogP contribution >= 0.6 is 11.3 Å². The smallest absolute Gasteiger partial charge is 0.157 e. The van der Waals surface area contributed by atoms with Crippen molar-refractivity contribution >= 4 is 23.2 Å². The summed E-state index contributed by atoms with van der Waals surface area (Å²) in [7, 11) is 0. The molecule has 0 amide bonds. The Morgan fingerprint density at radius 3 is 2.47 bits per heavy atom. The lowest BCUT2D eigenvalue weighted by atomic mass is 9.75. The number of hydrogen-bond donors (Lipinski definition) is 2. The Balaban J connectivity index is 2.95. The van der Waals surface area contributed by atoms with Gasteiger partial charge in [0, 0.05) is 23.1 Å². The van der Waals surface area contributed by atoms with Gasteiger partial charge in [0.05, 0.1) is 22.9 Å². The minimum Gasteiger partial charge on any atom is -0.392 e. The summed E-state index contributed by atoms with van der Waals surface area (Å²) in [4.78, 5) is 17.2. The van der Waals surface area contributed by atoms with Crippen molar-refractivity contribution < 1.29 is 19.7 Å². The first-order chi connectivity index (χ1) is 15.9. The van der Waals surface area contributed by atoms with Crippen molar-refractivity contribution in [2.45, 2.75) is 119 Å². The number of hydrogen-bond acceptors (Lipinski definition) is 6. The molecule has 0 radical (unpaired) electrons. The Hall–Kier alpha value is -1.34. The van der Waals surface area contributed by atoms with Crippen LogP contribution in [0.5, 0.6) is 0 Å². The van der Waals surface area contributed by atoms with Crippen LogP contribution in [0.15, 0.2) is 22.6 Å². The highest BCUT2D eigenvalue weighted by Gasteiger charge is 2.38. The van der Waals surface area contributed by atoms with Gasteiger partial charge >= 0.3 is 0 Å².